The summed E-state index contributed by atoms with van der Waals surface area (Å²) in [6.45, 7) is 0. The van der Waals surface area contributed by atoms with Crippen molar-refractivity contribution in [2.45, 2.75) is 0 Å². The quantitative estimate of drug-likeness (QED) is 0.690. The molecule has 0 aliphatic heterocycles. The molecule has 0 saturated carbocycles. The molecule has 2 amide bonds. The lowest BCUT2D eigenvalue weighted by atomic mass is 10.2. The molecule has 0 spiro atoms. The number of aromatic amines is 1. The fourth-order valence-electron chi connectivity index (χ4n) is 2.44. The summed E-state index contributed by atoms with van der Waals surface area (Å²) in [4.78, 5) is 27.1. The molecule has 0 saturated heterocycles. The predicted molar refractivity (Wildman–Crippen MR) is 92.6 cm³/mol. The van der Waals surface area contributed by atoms with Gasteiger partial charge in [0.25, 0.3) is 11.8 Å². The van der Waals surface area contributed by atoms with Crippen molar-refractivity contribution in [1.29, 1.82) is 0 Å². The molecular weight excluding hydrogens is 306 g/mol. The highest BCUT2D eigenvalue weighted by Gasteiger charge is 2.11. The van der Waals surface area contributed by atoms with Gasteiger partial charge in [-0.05, 0) is 36.4 Å². The molecule has 1 aromatic heterocycles. The van der Waals surface area contributed by atoms with E-state index in [0.717, 1.165) is 16.7 Å². The maximum atomic E-state index is 12.4. The number of anilines is 1. The fourth-order valence-corrected chi connectivity index (χ4v) is 2.44. The molecule has 3 N–H and O–H groups in total. The third-order valence-electron chi connectivity index (χ3n) is 3.68. The van der Waals surface area contributed by atoms with Gasteiger partial charge in [-0.1, -0.05) is 6.07 Å². The Morgan fingerprint density at radius 1 is 1.04 bits per heavy atom. The van der Waals surface area contributed by atoms with Crippen LogP contribution in [0.5, 0.6) is 5.75 Å². The van der Waals surface area contributed by atoms with E-state index in [0.29, 0.717) is 16.9 Å². The summed E-state index contributed by atoms with van der Waals surface area (Å²) in [6, 6.07) is 14.1. The second-order valence-electron chi connectivity index (χ2n) is 5.25. The SMILES string of the molecule is CNC(=O)c1cccc(NC(=O)c2cc3ccc(OC)cc3[nH]2)c1. The average Bonchev–Trinajstić information content (AvgIpc) is 3.04. The van der Waals surface area contributed by atoms with E-state index in [1.807, 2.05) is 18.2 Å². The number of amides is 2. The molecule has 3 aromatic rings. The molecule has 0 aliphatic carbocycles. The standard InChI is InChI=1S/C18H17N3O3/c1-19-17(22)12-4-3-5-13(8-12)20-18(23)16-9-11-6-7-14(24-2)10-15(11)21-16/h3-10,21H,1-2H3,(H,19,22)(H,20,23). The number of benzene rings is 2. The van der Waals surface area contributed by atoms with Gasteiger partial charge in [0.15, 0.2) is 0 Å². The maximum absolute atomic E-state index is 12.4. The van der Waals surface area contributed by atoms with E-state index in [1.54, 1.807) is 44.5 Å². The predicted octanol–water partition coefficient (Wildman–Crippen LogP) is 2.79. The van der Waals surface area contributed by atoms with Crippen molar-refractivity contribution in [3.63, 3.8) is 0 Å². The van der Waals surface area contributed by atoms with E-state index in [-0.39, 0.29) is 11.8 Å². The van der Waals surface area contributed by atoms with Crippen LogP contribution in [-0.4, -0.2) is 31.0 Å². The molecule has 0 radical (unpaired) electrons. The Balaban J connectivity index is 1.83. The van der Waals surface area contributed by atoms with Gasteiger partial charge in [0.1, 0.15) is 11.4 Å². The van der Waals surface area contributed by atoms with Crippen LogP contribution in [0.25, 0.3) is 10.9 Å². The number of aromatic nitrogens is 1. The molecule has 3 rings (SSSR count). The van der Waals surface area contributed by atoms with Gasteiger partial charge in [0.05, 0.1) is 7.11 Å². The molecular formula is C18H17N3O3. The minimum atomic E-state index is -0.278. The monoisotopic (exact) mass is 323 g/mol. The summed E-state index contributed by atoms with van der Waals surface area (Å²) in [5, 5.41) is 6.25. The first kappa shape index (κ1) is 15.6. The molecule has 2 aromatic carbocycles. The second kappa shape index (κ2) is 6.45. The zero-order valence-electron chi connectivity index (χ0n) is 13.3. The Labute approximate surface area is 138 Å². The summed E-state index contributed by atoms with van der Waals surface area (Å²) < 4.78 is 5.18. The summed E-state index contributed by atoms with van der Waals surface area (Å²) in [7, 11) is 3.16. The molecule has 0 unspecified atom stereocenters. The zero-order chi connectivity index (χ0) is 17.1. The van der Waals surface area contributed by atoms with Crippen LogP contribution < -0.4 is 15.4 Å². The lowest BCUT2D eigenvalue weighted by Gasteiger charge is -2.06. The molecule has 0 bridgehead atoms. The Morgan fingerprint density at radius 2 is 1.88 bits per heavy atom. The summed E-state index contributed by atoms with van der Waals surface area (Å²) in [5.41, 5.74) is 2.29. The van der Waals surface area contributed by atoms with Crippen molar-refractivity contribution in [2.75, 3.05) is 19.5 Å². The highest BCUT2D eigenvalue weighted by atomic mass is 16.5. The van der Waals surface area contributed by atoms with Crippen LogP contribution in [0, 0.1) is 0 Å². The molecule has 24 heavy (non-hydrogen) atoms. The van der Waals surface area contributed by atoms with Gasteiger partial charge in [-0.3, -0.25) is 9.59 Å². The minimum Gasteiger partial charge on any atom is -0.497 e. The van der Waals surface area contributed by atoms with Gasteiger partial charge in [0, 0.05) is 35.3 Å². The van der Waals surface area contributed by atoms with Gasteiger partial charge < -0.3 is 20.4 Å². The van der Waals surface area contributed by atoms with Crippen molar-refractivity contribution >= 4 is 28.4 Å². The summed E-state index contributed by atoms with van der Waals surface area (Å²) >= 11 is 0. The van der Waals surface area contributed by atoms with Gasteiger partial charge in [-0.25, -0.2) is 0 Å². The Bertz CT molecular complexity index is 915. The van der Waals surface area contributed by atoms with E-state index >= 15 is 0 Å². The Kier molecular flexibility index (Phi) is 4.20. The number of ether oxygens (including phenoxy) is 1. The number of H-pyrrole nitrogens is 1. The van der Waals surface area contributed by atoms with Crippen LogP contribution in [0.4, 0.5) is 5.69 Å². The van der Waals surface area contributed by atoms with Crippen molar-refractivity contribution in [3.8, 4) is 5.75 Å². The van der Waals surface area contributed by atoms with Crippen LogP contribution in [0.15, 0.2) is 48.5 Å². The largest absolute Gasteiger partial charge is 0.497 e. The van der Waals surface area contributed by atoms with Crippen LogP contribution in [-0.2, 0) is 0 Å². The highest BCUT2D eigenvalue weighted by molar-refractivity contribution is 6.06. The van der Waals surface area contributed by atoms with Crippen LogP contribution in [0.2, 0.25) is 0 Å². The molecule has 0 atom stereocenters. The molecule has 6 heteroatoms. The van der Waals surface area contributed by atoms with E-state index in [9.17, 15) is 9.59 Å². The van der Waals surface area contributed by atoms with Gasteiger partial charge >= 0.3 is 0 Å². The van der Waals surface area contributed by atoms with E-state index in [2.05, 4.69) is 15.6 Å². The first-order chi connectivity index (χ1) is 11.6. The molecule has 0 aliphatic rings. The van der Waals surface area contributed by atoms with Gasteiger partial charge in [-0.2, -0.15) is 0 Å². The Morgan fingerprint density at radius 3 is 2.62 bits per heavy atom. The number of nitrogens with one attached hydrogen (secondary N) is 3. The van der Waals surface area contributed by atoms with Gasteiger partial charge in [-0.15, -0.1) is 0 Å². The van der Waals surface area contributed by atoms with Crippen LogP contribution in [0.1, 0.15) is 20.8 Å². The van der Waals surface area contributed by atoms with Crippen molar-refractivity contribution < 1.29 is 14.3 Å². The number of fused-ring (bicyclic) bond motifs is 1. The smallest absolute Gasteiger partial charge is 0.272 e. The topological polar surface area (TPSA) is 83.2 Å². The molecule has 0 fully saturated rings. The highest BCUT2D eigenvalue weighted by Crippen LogP contribution is 2.22. The van der Waals surface area contributed by atoms with Crippen LogP contribution in [0.3, 0.4) is 0 Å². The molecule has 6 nitrogen and oxygen atoms in total. The lowest BCUT2D eigenvalue weighted by Crippen LogP contribution is -2.18. The second-order valence-corrected chi connectivity index (χ2v) is 5.25. The zero-order valence-corrected chi connectivity index (χ0v) is 13.3. The lowest BCUT2D eigenvalue weighted by molar-refractivity contribution is 0.0961. The van der Waals surface area contributed by atoms with E-state index < -0.39 is 0 Å². The number of carbonyl (C=O) groups excluding carboxylic acids is 2. The summed E-state index contributed by atoms with van der Waals surface area (Å²) in [6.07, 6.45) is 0. The maximum Gasteiger partial charge on any atom is 0.272 e. The average molecular weight is 323 g/mol. The third-order valence-corrected chi connectivity index (χ3v) is 3.68. The van der Waals surface area contributed by atoms with Crippen molar-refractivity contribution in [3.05, 3.63) is 59.8 Å². The normalized spacial score (nSPS) is 10.4. The number of hydrogen-bond donors (Lipinski definition) is 3. The van der Waals surface area contributed by atoms with Crippen molar-refractivity contribution in [2.24, 2.45) is 0 Å². The number of methoxy groups -OCH3 is 1. The van der Waals surface area contributed by atoms with Gasteiger partial charge in [0.2, 0.25) is 0 Å². The fraction of sp³-hybridized carbons (Fsp3) is 0.111. The van der Waals surface area contributed by atoms with E-state index in [1.165, 1.54) is 0 Å². The summed E-state index contributed by atoms with van der Waals surface area (Å²) in [5.74, 6) is 0.234. The number of hydrogen-bond acceptors (Lipinski definition) is 3. The number of carbonyl (C=O) groups is 2. The Hall–Kier alpha value is -3.28. The molecule has 1 heterocycles. The van der Waals surface area contributed by atoms with Crippen LogP contribution >= 0.6 is 0 Å². The number of rotatable bonds is 4. The first-order valence-corrected chi connectivity index (χ1v) is 7.41. The minimum absolute atomic E-state index is 0.205. The molecule has 122 valence electrons. The third kappa shape index (κ3) is 3.08. The van der Waals surface area contributed by atoms with Crippen molar-refractivity contribution in [1.82, 2.24) is 10.3 Å². The van der Waals surface area contributed by atoms with E-state index in [4.69, 9.17) is 4.74 Å². The first-order valence-electron chi connectivity index (χ1n) is 7.41.